The molecule has 1 saturated heterocycles. The molecular weight excluding hydrogens is 444 g/mol. The van der Waals surface area contributed by atoms with Gasteiger partial charge in [0.15, 0.2) is 0 Å². The summed E-state index contributed by atoms with van der Waals surface area (Å²) in [6, 6.07) is 11.9. The van der Waals surface area contributed by atoms with Crippen LogP contribution in [-0.4, -0.2) is 33.6 Å². The number of rotatable bonds is 8. The number of aromatic nitrogens is 2. The van der Waals surface area contributed by atoms with Crippen LogP contribution >= 0.6 is 11.6 Å². The SMILES string of the molecule is C=C/C=C(\C=C/C)Cn1c(=O)cc(NC2CCN(Cc3ccncc3)CC2)c2cc(Cl)ccc21. The lowest BCUT2D eigenvalue weighted by atomic mass is 10.0. The Morgan fingerprint density at radius 1 is 1.21 bits per heavy atom. The van der Waals surface area contributed by atoms with E-state index in [2.05, 4.69) is 33.9 Å². The number of nitrogens with zero attached hydrogens (tertiary/aromatic N) is 3. The second-order valence-electron chi connectivity index (χ2n) is 8.67. The molecule has 176 valence electrons. The van der Waals surface area contributed by atoms with Crippen LogP contribution in [0.15, 0.2) is 90.0 Å². The highest BCUT2D eigenvalue weighted by atomic mass is 35.5. The summed E-state index contributed by atoms with van der Waals surface area (Å²) in [4.78, 5) is 19.7. The molecular formula is C28H31ClN4O. The van der Waals surface area contributed by atoms with Crippen LogP contribution in [0.3, 0.4) is 0 Å². The van der Waals surface area contributed by atoms with E-state index in [0.29, 0.717) is 17.6 Å². The van der Waals surface area contributed by atoms with Crippen LogP contribution in [0.5, 0.6) is 0 Å². The van der Waals surface area contributed by atoms with Gasteiger partial charge in [0.05, 0.1) is 12.1 Å². The minimum Gasteiger partial charge on any atom is -0.382 e. The van der Waals surface area contributed by atoms with Gasteiger partial charge < -0.3 is 9.88 Å². The largest absolute Gasteiger partial charge is 0.382 e. The summed E-state index contributed by atoms with van der Waals surface area (Å²) in [5.74, 6) is 0. The number of allylic oxidation sites excluding steroid dienone is 5. The summed E-state index contributed by atoms with van der Waals surface area (Å²) in [7, 11) is 0. The molecule has 0 radical (unpaired) electrons. The van der Waals surface area contributed by atoms with Crippen LogP contribution in [0.25, 0.3) is 10.9 Å². The highest BCUT2D eigenvalue weighted by Gasteiger charge is 2.20. The molecule has 0 unspecified atom stereocenters. The van der Waals surface area contributed by atoms with Gasteiger partial charge in [0.25, 0.3) is 5.56 Å². The third-order valence-electron chi connectivity index (χ3n) is 6.23. The number of nitrogens with one attached hydrogen (secondary N) is 1. The summed E-state index contributed by atoms with van der Waals surface area (Å²) in [5, 5.41) is 5.27. The topological polar surface area (TPSA) is 50.2 Å². The molecule has 6 heteroatoms. The van der Waals surface area contributed by atoms with Gasteiger partial charge >= 0.3 is 0 Å². The maximum Gasteiger partial charge on any atom is 0.253 e. The van der Waals surface area contributed by atoms with Gasteiger partial charge in [-0.15, -0.1) is 0 Å². The van der Waals surface area contributed by atoms with Crippen molar-refractivity contribution in [1.82, 2.24) is 14.5 Å². The summed E-state index contributed by atoms with van der Waals surface area (Å²) >= 11 is 6.36. The number of hydrogen-bond acceptors (Lipinski definition) is 4. The van der Waals surface area contributed by atoms with Gasteiger partial charge in [-0.25, -0.2) is 0 Å². The van der Waals surface area contributed by atoms with E-state index in [1.807, 2.05) is 55.7 Å². The van der Waals surface area contributed by atoms with Crippen molar-refractivity contribution in [3.05, 3.63) is 106 Å². The van der Waals surface area contributed by atoms with E-state index in [4.69, 9.17) is 11.6 Å². The highest BCUT2D eigenvalue weighted by Crippen LogP contribution is 2.28. The van der Waals surface area contributed by atoms with Crippen molar-refractivity contribution < 1.29 is 0 Å². The standard InChI is InChI=1S/C28H31ClN4O/c1-3-5-21(6-4-2)20-33-27-8-7-23(29)17-25(27)26(18-28(33)34)31-24-11-15-32(16-12-24)19-22-9-13-30-14-10-22/h3-10,13-14,17-18,24,31H,1,11-12,15-16,19-20H2,2H3/b6-4-,21-5+. The van der Waals surface area contributed by atoms with Gasteiger partial charge in [0.2, 0.25) is 0 Å². The minimum absolute atomic E-state index is 0.0353. The number of hydrogen-bond donors (Lipinski definition) is 1. The van der Waals surface area contributed by atoms with Gasteiger partial charge in [-0.05, 0) is 61.2 Å². The molecule has 0 amide bonds. The second-order valence-corrected chi connectivity index (χ2v) is 9.11. The Hall–Kier alpha value is -3.15. The molecule has 1 aliphatic heterocycles. The minimum atomic E-state index is -0.0353. The molecule has 0 atom stereocenters. The zero-order valence-electron chi connectivity index (χ0n) is 19.6. The van der Waals surface area contributed by atoms with E-state index >= 15 is 0 Å². The maximum absolute atomic E-state index is 13.2. The van der Waals surface area contributed by atoms with Crippen molar-refractivity contribution in [2.75, 3.05) is 18.4 Å². The van der Waals surface area contributed by atoms with E-state index < -0.39 is 0 Å². The molecule has 1 aliphatic rings. The van der Waals surface area contributed by atoms with Crippen molar-refractivity contribution in [2.24, 2.45) is 0 Å². The molecule has 34 heavy (non-hydrogen) atoms. The van der Waals surface area contributed by atoms with Crippen molar-refractivity contribution >= 4 is 28.2 Å². The summed E-state index contributed by atoms with van der Waals surface area (Å²) in [5.41, 5.74) is 3.99. The number of halogens is 1. The van der Waals surface area contributed by atoms with Crippen LogP contribution in [0, 0.1) is 0 Å². The first-order valence-corrected chi connectivity index (χ1v) is 12.1. The van der Waals surface area contributed by atoms with Crippen molar-refractivity contribution in [3.63, 3.8) is 0 Å². The Labute approximate surface area is 206 Å². The first-order valence-electron chi connectivity index (χ1n) is 11.7. The first kappa shape index (κ1) is 24.0. The lowest BCUT2D eigenvalue weighted by Crippen LogP contribution is -2.39. The fourth-order valence-corrected chi connectivity index (χ4v) is 4.72. The molecule has 5 nitrogen and oxygen atoms in total. The number of anilines is 1. The second kappa shape index (κ2) is 11.3. The monoisotopic (exact) mass is 474 g/mol. The smallest absolute Gasteiger partial charge is 0.253 e. The summed E-state index contributed by atoms with van der Waals surface area (Å²) < 4.78 is 1.80. The van der Waals surface area contributed by atoms with Crippen molar-refractivity contribution in [2.45, 2.75) is 38.9 Å². The predicted octanol–water partition coefficient (Wildman–Crippen LogP) is 5.81. The highest BCUT2D eigenvalue weighted by molar-refractivity contribution is 6.31. The predicted molar refractivity (Wildman–Crippen MR) is 142 cm³/mol. The zero-order chi connectivity index (χ0) is 23.9. The molecule has 1 fully saturated rings. The Bertz CT molecular complexity index is 1250. The van der Waals surface area contributed by atoms with E-state index in [0.717, 1.165) is 54.6 Å². The molecule has 0 bridgehead atoms. The molecule has 0 spiro atoms. The number of benzene rings is 1. The molecule has 4 rings (SSSR count). The van der Waals surface area contributed by atoms with Crippen LogP contribution in [0.1, 0.15) is 25.3 Å². The van der Waals surface area contributed by atoms with Gasteiger partial charge in [-0.2, -0.15) is 0 Å². The van der Waals surface area contributed by atoms with Gasteiger partial charge in [0.1, 0.15) is 0 Å². The van der Waals surface area contributed by atoms with Crippen molar-refractivity contribution in [1.29, 1.82) is 0 Å². The molecule has 0 aliphatic carbocycles. The lowest BCUT2D eigenvalue weighted by molar-refractivity contribution is 0.211. The van der Waals surface area contributed by atoms with Gasteiger partial charge in [-0.1, -0.05) is 42.5 Å². The molecule has 1 N–H and O–H groups in total. The van der Waals surface area contributed by atoms with E-state index in [1.165, 1.54) is 5.56 Å². The zero-order valence-corrected chi connectivity index (χ0v) is 20.3. The van der Waals surface area contributed by atoms with Crippen LogP contribution in [0.2, 0.25) is 5.02 Å². The molecule has 2 aromatic heterocycles. The number of likely N-dealkylation sites (tertiary alicyclic amines) is 1. The molecule has 3 heterocycles. The molecule has 1 aromatic carbocycles. The van der Waals surface area contributed by atoms with Crippen LogP contribution < -0.4 is 10.9 Å². The molecule has 0 saturated carbocycles. The fraction of sp³-hybridized carbons (Fsp3) is 0.286. The Morgan fingerprint density at radius 3 is 2.68 bits per heavy atom. The fourth-order valence-electron chi connectivity index (χ4n) is 4.55. The third-order valence-corrected chi connectivity index (χ3v) is 6.46. The van der Waals surface area contributed by atoms with Gasteiger partial charge in [0, 0.05) is 60.2 Å². The van der Waals surface area contributed by atoms with E-state index in [1.54, 1.807) is 16.7 Å². The van der Waals surface area contributed by atoms with Crippen LogP contribution in [-0.2, 0) is 13.1 Å². The maximum atomic E-state index is 13.2. The Morgan fingerprint density at radius 2 is 1.97 bits per heavy atom. The lowest BCUT2D eigenvalue weighted by Gasteiger charge is -2.33. The third kappa shape index (κ3) is 5.85. The van der Waals surface area contributed by atoms with Crippen LogP contribution in [0.4, 0.5) is 5.69 Å². The summed E-state index contributed by atoms with van der Waals surface area (Å²) in [6.45, 7) is 9.19. The van der Waals surface area contributed by atoms with E-state index in [9.17, 15) is 4.79 Å². The Balaban J connectivity index is 1.54. The number of fused-ring (bicyclic) bond motifs is 1. The Kier molecular flexibility index (Phi) is 7.99. The quantitative estimate of drug-likeness (QED) is 0.418. The van der Waals surface area contributed by atoms with Gasteiger partial charge in [-0.3, -0.25) is 14.7 Å². The number of pyridine rings is 2. The van der Waals surface area contributed by atoms with Crippen molar-refractivity contribution in [3.8, 4) is 0 Å². The van der Waals surface area contributed by atoms with E-state index in [-0.39, 0.29) is 5.56 Å². The first-order chi connectivity index (χ1) is 16.6. The normalized spacial score (nSPS) is 15.8. The summed E-state index contributed by atoms with van der Waals surface area (Å²) in [6.07, 6.45) is 13.4. The molecule has 3 aromatic rings. The average Bonchev–Trinajstić information content (AvgIpc) is 2.84. The average molecular weight is 475 g/mol. The number of piperidine rings is 1.